The SMILES string of the molecule is CC(C)N=C(c1ccccc1)N(C(C)C)[Si]1(N(C(=NC(C)C)c2ccccc2)C(C)C)[C@@H]2C=CC=C[C@H]1C=C2.CC(C)N=C(c1ccccc1)N(C(C)C)[Si]1(N(C(=NC(C)C)c2ccccc2)C(C)C)[C@@H]2C=CC=C[C@H]1C=C2.CCCCCC. The first-order valence-electron chi connectivity index (χ1n) is 32.0. The maximum absolute atomic E-state index is 5.39. The summed E-state index contributed by atoms with van der Waals surface area (Å²) in [6.07, 6.45) is 34.0. The van der Waals surface area contributed by atoms with Crippen LogP contribution in [0, 0.1) is 0 Å². The van der Waals surface area contributed by atoms with Gasteiger partial charge in [-0.1, -0.05) is 234 Å². The van der Waals surface area contributed by atoms with Crippen LogP contribution in [0.3, 0.4) is 0 Å². The number of rotatable bonds is 19. The van der Waals surface area contributed by atoms with Crippen molar-refractivity contribution in [3.8, 4) is 0 Å². The van der Waals surface area contributed by atoms with E-state index in [0.717, 1.165) is 23.3 Å². The van der Waals surface area contributed by atoms with Crippen molar-refractivity contribution < 1.29 is 0 Å². The van der Waals surface area contributed by atoms with Crippen LogP contribution in [0.15, 0.2) is 214 Å². The number of benzene rings is 4. The van der Waals surface area contributed by atoms with E-state index < -0.39 is 16.8 Å². The Kier molecular flexibility index (Phi) is 25.2. The first kappa shape index (κ1) is 66.8. The van der Waals surface area contributed by atoms with Crippen molar-refractivity contribution in [2.75, 3.05) is 0 Å². The highest BCUT2D eigenvalue weighted by Gasteiger charge is 2.63. The van der Waals surface area contributed by atoms with Gasteiger partial charge in [0.25, 0.3) is 16.8 Å². The minimum atomic E-state index is -2.72. The lowest BCUT2D eigenvalue weighted by atomic mass is 10.2. The number of unbranched alkanes of at least 4 members (excludes halogenated alkanes) is 3. The van der Waals surface area contributed by atoms with Crippen LogP contribution in [0.25, 0.3) is 0 Å². The number of aliphatic imine (C=N–C) groups is 4. The van der Waals surface area contributed by atoms with Crippen molar-refractivity contribution in [1.29, 1.82) is 0 Å². The van der Waals surface area contributed by atoms with Crippen molar-refractivity contribution in [1.82, 2.24) is 18.3 Å². The van der Waals surface area contributed by atoms with Crippen molar-refractivity contribution in [2.24, 2.45) is 20.0 Å². The predicted octanol–water partition coefficient (Wildman–Crippen LogP) is 18.6. The molecule has 0 unspecified atom stereocenters. The first-order chi connectivity index (χ1) is 40.3. The van der Waals surface area contributed by atoms with Crippen LogP contribution in [-0.2, 0) is 0 Å². The van der Waals surface area contributed by atoms with Crippen molar-refractivity contribution >= 4 is 40.1 Å². The molecule has 4 aliphatic rings. The van der Waals surface area contributed by atoms with Crippen molar-refractivity contribution in [3.05, 3.63) is 216 Å². The molecule has 0 aromatic heterocycles. The van der Waals surface area contributed by atoms with E-state index in [0.29, 0.717) is 0 Å². The minimum Gasteiger partial charge on any atom is -0.362 e. The molecule has 84 heavy (non-hydrogen) atoms. The van der Waals surface area contributed by atoms with Gasteiger partial charge in [0.05, 0.1) is 0 Å². The molecule has 450 valence electrons. The van der Waals surface area contributed by atoms with Gasteiger partial charge in [0.1, 0.15) is 23.3 Å². The van der Waals surface area contributed by atoms with Crippen LogP contribution in [0.5, 0.6) is 0 Å². The molecule has 4 aliphatic heterocycles. The summed E-state index contributed by atoms with van der Waals surface area (Å²) in [5.41, 5.74) is 5.77. The molecular weight excluding hydrogens is 1060 g/mol. The van der Waals surface area contributed by atoms with E-state index in [9.17, 15) is 0 Å². The normalized spacial score (nSPS) is 21.9. The summed E-state index contributed by atoms with van der Waals surface area (Å²) in [7, 11) is -5.44. The molecule has 0 N–H and O–H groups in total. The Morgan fingerprint density at radius 1 is 0.310 bits per heavy atom. The molecule has 0 saturated heterocycles. The van der Waals surface area contributed by atoms with E-state index >= 15 is 0 Å². The molecule has 0 aliphatic carbocycles. The van der Waals surface area contributed by atoms with Crippen LogP contribution < -0.4 is 0 Å². The summed E-state index contributed by atoms with van der Waals surface area (Å²) >= 11 is 0. The topological polar surface area (TPSA) is 62.4 Å². The Balaban J connectivity index is 0.000000245. The zero-order valence-corrected chi connectivity index (χ0v) is 56.8. The Hall–Kier alpha value is -6.37. The third-order valence-corrected chi connectivity index (χ3v) is 27.1. The molecule has 4 aromatic rings. The van der Waals surface area contributed by atoms with Gasteiger partial charge in [0.2, 0.25) is 0 Å². The molecular formula is C74H106N8Si2. The van der Waals surface area contributed by atoms with E-state index in [4.69, 9.17) is 20.0 Å². The van der Waals surface area contributed by atoms with Gasteiger partial charge in [-0.25, -0.2) is 0 Å². The summed E-state index contributed by atoms with van der Waals surface area (Å²) in [6.45, 7) is 40.7. The average molecular weight is 1160 g/mol. The smallest absolute Gasteiger partial charge is 0.288 e. The number of amidine groups is 4. The number of fused-ring (bicyclic) bond motifs is 4. The summed E-state index contributed by atoms with van der Waals surface area (Å²) < 4.78 is 11.0. The highest BCUT2D eigenvalue weighted by atomic mass is 28.4. The molecule has 0 fully saturated rings. The van der Waals surface area contributed by atoms with Crippen LogP contribution in [0.2, 0.25) is 22.2 Å². The van der Waals surface area contributed by atoms with E-state index in [-0.39, 0.29) is 70.5 Å². The van der Waals surface area contributed by atoms with Crippen LogP contribution in [0.1, 0.15) is 173 Å². The Morgan fingerprint density at radius 2 is 0.500 bits per heavy atom. The second-order valence-corrected chi connectivity index (χ2v) is 32.9. The van der Waals surface area contributed by atoms with Crippen LogP contribution in [0.4, 0.5) is 0 Å². The molecule has 4 aromatic carbocycles. The largest absolute Gasteiger partial charge is 0.362 e. The standard InChI is InChI=1S/2C34H46N4Si.C6H14/c2*1-25(2)35-33(29-17-11-9-12-18-29)37(27(5)6)39(31-21-15-16-22-32(39)24-23-31)38(28(7)8)34(36-26(3)4)30-19-13-10-14-20-30;1-3-5-6-4-2/h2*9-28,31-32H,1-8H3;3-6H2,1-2H3/t2*31-,32+,39?;. The highest BCUT2D eigenvalue weighted by Crippen LogP contribution is 2.53. The van der Waals surface area contributed by atoms with Crippen molar-refractivity contribution in [3.63, 3.8) is 0 Å². The fourth-order valence-corrected chi connectivity index (χ4v) is 25.3. The van der Waals surface area contributed by atoms with Gasteiger partial charge in [-0.05, 0) is 111 Å². The van der Waals surface area contributed by atoms with Crippen LogP contribution >= 0.6 is 0 Å². The average Bonchev–Trinajstić information content (AvgIpc) is 1.54. The van der Waals surface area contributed by atoms with Gasteiger partial charge in [-0.2, -0.15) is 0 Å². The zero-order valence-electron chi connectivity index (χ0n) is 54.8. The van der Waals surface area contributed by atoms with E-state index in [1.165, 1.54) is 47.9 Å². The summed E-state index contributed by atoms with van der Waals surface area (Å²) in [6, 6.07) is 44.8. The summed E-state index contributed by atoms with van der Waals surface area (Å²) in [5, 5.41) is 0. The number of hydrogen-bond donors (Lipinski definition) is 0. The Bertz CT molecular complexity index is 2550. The second-order valence-electron chi connectivity index (χ2n) is 25.2. The lowest BCUT2D eigenvalue weighted by Crippen LogP contribution is -2.74. The fourth-order valence-electron chi connectivity index (χ4n) is 12.8. The number of nitrogens with zero attached hydrogens (tertiary/aromatic N) is 8. The fraction of sp³-hybridized carbons (Fsp3) is 0.459. The van der Waals surface area contributed by atoms with Gasteiger partial charge < -0.3 is 18.3 Å². The van der Waals surface area contributed by atoms with Gasteiger partial charge >= 0.3 is 0 Å². The van der Waals surface area contributed by atoms with E-state index in [1.54, 1.807) is 0 Å². The molecule has 4 bridgehead atoms. The predicted molar refractivity (Wildman–Crippen MR) is 372 cm³/mol. The molecule has 0 radical (unpaired) electrons. The van der Waals surface area contributed by atoms with E-state index in [2.05, 4.69) is 337 Å². The molecule has 0 spiro atoms. The maximum atomic E-state index is 5.39. The third-order valence-electron chi connectivity index (χ3n) is 15.6. The monoisotopic (exact) mass is 1160 g/mol. The molecule has 4 atom stereocenters. The van der Waals surface area contributed by atoms with Crippen molar-refractivity contribution in [2.45, 2.75) is 221 Å². The minimum absolute atomic E-state index is 0.167. The molecule has 10 heteroatoms. The third kappa shape index (κ3) is 15.5. The number of allylic oxidation sites excluding steroid dienone is 12. The second kappa shape index (κ2) is 31.7. The first-order valence-corrected chi connectivity index (χ1v) is 36.1. The molecule has 0 saturated carbocycles. The summed E-state index contributed by atoms with van der Waals surface area (Å²) in [5.74, 6) is 4.38. The Labute approximate surface area is 512 Å². The quantitative estimate of drug-likeness (QED) is 0.0309. The summed E-state index contributed by atoms with van der Waals surface area (Å²) in [4.78, 5) is 21.5. The Morgan fingerprint density at radius 3 is 0.655 bits per heavy atom. The highest BCUT2D eigenvalue weighted by molar-refractivity contribution is 6.85. The lowest BCUT2D eigenvalue weighted by Gasteiger charge is -2.57. The maximum Gasteiger partial charge on any atom is 0.288 e. The lowest BCUT2D eigenvalue weighted by molar-refractivity contribution is 0.389. The molecule has 4 heterocycles. The molecule has 8 nitrogen and oxygen atoms in total. The number of hydrogen-bond acceptors (Lipinski definition) is 4. The van der Waals surface area contributed by atoms with Gasteiger partial charge in [0.15, 0.2) is 0 Å². The molecule has 8 rings (SSSR count). The van der Waals surface area contributed by atoms with Gasteiger partial charge in [0, 0.05) is 92.8 Å². The van der Waals surface area contributed by atoms with Gasteiger partial charge in [-0.3, -0.25) is 20.0 Å². The van der Waals surface area contributed by atoms with E-state index in [1.807, 2.05) is 0 Å². The van der Waals surface area contributed by atoms with Crippen LogP contribution in [-0.4, -0.2) is 107 Å². The van der Waals surface area contributed by atoms with Gasteiger partial charge in [-0.15, -0.1) is 0 Å². The zero-order chi connectivity index (χ0) is 61.1. The molecule has 0 amide bonds.